The Balaban J connectivity index is 1.75. The first-order valence-electron chi connectivity index (χ1n) is 7.21. The van der Waals surface area contributed by atoms with Crippen molar-refractivity contribution in [3.63, 3.8) is 0 Å². The Kier molecular flexibility index (Phi) is 2.49. The summed E-state index contributed by atoms with van der Waals surface area (Å²) in [5, 5.41) is 3.41. The second-order valence-corrected chi connectivity index (χ2v) is 5.63. The van der Waals surface area contributed by atoms with Crippen LogP contribution < -0.4 is 5.32 Å². The van der Waals surface area contributed by atoms with Gasteiger partial charge in [-0.15, -0.1) is 0 Å². The highest BCUT2D eigenvalue weighted by Gasteiger charge is 2.22. The minimum atomic E-state index is 0.518. The molecule has 2 aliphatic rings. The number of aromatic nitrogens is 2. The summed E-state index contributed by atoms with van der Waals surface area (Å²) >= 11 is 0. The average Bonchev–Trinajstić information content (AvgIpc) is 3.11. The summed E-state index contributed by atoms with van der Waals surface area (Å²) in [7, 11) is 2.05. The van der Waals surface area contributed by atoms with E-state index in [0.29, 0.717) is 6.04 Å². The lowest BCUT2D eigenvalue weighted by Gasteiger charge is -2.10. The van der Waals surface area contributed by atoms with Gasteiger partial charge in [0.1, 0.15) is 5.82 Å². The summed E-state index contributed by atoms with van der Waals surface area (Å²) in [6, 6.07) is 7.37. The van der Waals surface area contributed by atoms with Gasteiger partial charge in [0.05, 0.1) is 5.69 Å². The van der Waals surface area contributed by atoms with Gasteiger partial charge in [-0.3, -0.25) is 0 Å². The largest absolute Gasteiger partial charge is 0.334 e. The van der Waals surface area contributed by atoms with E-state index in [0.717, 1.165) is 18.7 Å². The zero-order valence-electron chi connectivity index (χ0n) is 11.3. The molecule has 0 fully saturated rings. The summed E-state index contributed by atoms with van der Waals surface area (Å²) in [5.74, 6) is 1.25. The van der Waals surface area contributed by atoms with Gasteiger partial charge in [-0.05, 0) is 43.5 Å². The highest BCUT2D eigenvalue weighted by molar-refractivity contribution is 5.62. The molecule has 1 N–H and O–H groups in total. The van der Waals surface area contributed by atoms with Gasteiger partial charge in [-0.25, -0.2) is 4.98 Å². The maximum Gasteiger partial charge on any atom is 0.109 e. The Labute approximate surface area is 113 Å². The number of benzene rings is 1. The van der Waals surface area contributed by atoms with Crippen LogP contribution in [0.25, 0.3) is 11.3 Å². The maximum absolute atomic E-state index is 4.78. The molecule has 1 aliphatic carbocycles. The SMILES string of the molecule is CNC1CCc2ccc(-c3cn4c(n3)CCC4)cc21. The lowest BCUT2D eigenvalue weighted by atomic mass is 10.0. The summed E-state index contributed by atoms with van der Waals surface area (Å²) in [5.41, 5.74) is 5.37. The molecule has 0 bridgehead atoms. The van der Waals surface area contributed by atoms with Crippen LogP contribution in [0, 0.1) is 0 Å². The van der Waals surface area contributed by atoms with Gasteiger partial charge in [0.15, 0.2) is 0 Å². The lowest BCUT2D eigenvalue weighted by Crippen LogP contribution is -2.12. The fraction of sp³-hybridized carbons (Fsp3) is 0.438. The van der Waals surface area contributed by atoms with E-state index in [1.165, 1.54) is 41.8 Å². The van der Waals surface area contributed by atoms with Crippen LogP contribution in [-0.2, 0) is 19.4 Å². The van der Waals surface area contributed by atoms with Crippen molar-refractivity contribution in [3.8, 4) is 11.3 Å². The van der Waals surface area contributed by atoms with Crippen LogP contribution in [0.1, 0.15) is 35.8 Å². The van der Waals surface area contributed by atoms with E-state index < -0.39 is 0 Å². The van der Waals surface area contributed by atoms with Crippen LogP contribution in [0.4, 0.5) is 0 Å². The predicted octanol–water partition coefficient (Wildman–Crippen LogP) is 2.70. The molecular weight excluding hydrogens is 234 g/mol. The van der Waals surface area contributed by atoms with Crippen molar-refractivity contribution in [2.75, 3.05) is 7.05 Å². The zero-order chi connectivity index (χ0) is 12.8. The first-order valence-corrected chi connectivity index (χ1v) is 7.21. The van der Waals surface area contributed by atoms with Crippen LogP contribution in [0.3, 0.4) is 0 Å². The minimum absolute atomic E-state index is 0.518. The first kappa shape index (κ1) is 11.2. The van der Waals surface area contributed by atoms with Crippen molar-refractivity contribution >= 4 is 0 Å². The van der Waals surface area contributed by atoms with Gasteiger partial charge in [0.25, 0.3) is 0 Å². The molecular formula is C16H19N3. The third-order valence-corrected chi connectivity index (χ3v) is 4.53. The molecule has 2 aromatic rings. The Bertz CT molecular complexity index is 605. The number of imidazole rings is 1. The van der Waals surface area contributed by atoms with Crippen LogP contribution in [0.2, 0.25) is 0 Å². The Morgan fingerprint density at radius 1 is 1.32 bits per heavy atom. The molecule has 4 rings (SSSR count). The smallest absolute Gasteiger partial charge is 0.109 e. The van der Waals surface area contributed by atoms with Crippen molar-refractivity contribution in [1.29, 1.82) is 0 Å². The third kappa shape index (κ3) is 1.72. The molecule has 0 saturated heterocycles. The molecule has 1 aliphatic heterocycles. The Morgan fingerprint density at radius 3 is 3.11 bits per heavy atom. The number of rotatable bonds is 2. The molecule has 0 saturated carbocycles. The minimum Gasteiger partial charge on any atom is -0.334 e. The van der Waals surface area contributed by atoms with Gasteiger partial charge in [0, 0.05) is 30.8 Å². The Morgan fingerprint density at radius 2 is 2.26 bits per heavy atom. The van der Waals surface area contributed by atoms with Crippen LogP contribution in [0.5, 0.6) is 0 Å². The van der Waals surface area contributed by atoms with E-state index >= 15 is 0 Å². The van der Waals surface area contributed by atoms with Crippen LogP contribution in [-0.4, -0.2) is 16.6 Å². The molecule has 2 heterocycles. The number of nitrogens with zero attached hydrogens (tertiary/aromatic N) is 2. The van der Waals surface area contributed by atoms with Gasteiger partial charge < -0.3 is 9.88 Å². The molecule has 1 unspecified atom stereocenters. The second kappa shape index (κ2) is 4.20. The molecule has 0 radical (unpaired) electrons. The Hall–Kier alpha value is -1.61. The maximum atomic E-state index is 4.78. The van der Waals surface area contributed by atoms with Crippen molar-refractivity contribution < 1.29 is 0 Å². The summed E-state index contributed by atoms with van der Waals surface area (Å²) in [6.07, 6.45) is 7.00. The fourth-order valence-corrected chi connectivity index (χ4v) is 3.46. The molecule has 19 heavy (non-hydrogen) atoms. The fourth-order valence-electron chi connectivity index (χ4n) is 3.46. The van der Waals surface area contributed by atoms with Gasteiger partial charge >= 0.3 is 0 Å². The average molecular weight is 253 g/mol. The monoisotopic (exact) mass is 253 g/mol. The molecule has 3 heteroatoms. The number of fused-ring (bicyclic) bond motifs is 2. The molecule has 3 nitrogen and oxygen atoms in total. The number of hydrogen-bond acceptors (Lipinski definition) is 2. The quantitative estimate of drug-likeness (QED) is 0.892. The zero-order valence-corrected chi connectivity index (χ0v) is 11.3. The van der Waals surface area contributed by atoms with E-state index in [1.807, 2.05) is 0 Å². The van der Waals surface area contributed by atoms with Gasteiger partial charge in [-0.2, -0.15) is 0 Å². The molecule has 0 spiro atoms. The predicted molar refractivity (Wildman–Crippen MR) is 76.1 cm³/mol. The lowest BCUT2D eigenvalue weighted by molar-refractivity contribution is 0.590. The van der Waals surface area contributed by atoms with Crippen molar-refractivity contribution in [2.45, 2.75) is 38.3 Å². The number of nitrogens with one attached hydrogen (secondary N) is 1. The molecule has 1 aromatic carbocycles. The second-order valence-electron chi connectivity index (χ2n) is 5.63. The molecule has 1 atom stereocenters. The van der Waals surface area contributed by atoms with Gasteiger partial charge in [0.2, 0.25) is 0 Å². The molecule has 98 valence electrons. The summed E-state index contributed by atoms with van der Waals surface area (Å²) in [6.45, 7) is 1.13. The first-order chi connectivity index (χ1) is 9.35. The molecule has 0 amide bonds. The van der Waals surface area contributed by atoms with E-state index in [4.69, 9.17) is 4.98 Å². The highest BCUT2D eigenvalue weighted by atomic mass is 15.1. The summed E-state index contributed by atoms with van der Waals surface area (Å²) in [4.78, 5) is 4.78. The molecule has 1 aromatic heterocycles. The van der Waals surface area contributed by atoms with E-state index in [-0.39, 0.29) is 0 Å². The van der Waals surface area contributed by atoms with E-state index in [9.17, 15) is 0 Å². The highest BCUT2D eigenvalue weighted by Crippen LogP contribution is 2.34. The van der Waals surface area contributed by atoms with Crippen LogP contribution >= 0.6 is 0 Å². The number of aryl methyl sites for hydroxylation is 3. The van der Waals surface area contributed by atoms with E-state index in [2.05, 4.69) is 41.3 Å². The van der Waals surface area contributed by atoms with Crippen molar-refractivity contribution in [2.24, 2.45) is 0 Å². The van der Waals surface area contributed by atoms with Gasteiger partial charge in [-0.1, -0.05) is 12.1 Å². The standard InChI is InChI=1S/C16H19N3/c1-17-14-7-6-11-4-5-12(9-13(11)14)15-10-19-8-2-3-16(19)18-15/h4-5,9-10,14,17H,2-3,6-8H2,1H3. The number of hydrogen-bond donors (Lipinski definition) is 1. The normalized spacial score (nSPS) is 20.6. The van der Waals surface area contributed by atoms with Crippen molar-refractivity contribution in [3.05, 3.63) is 41.3 Å². The van der Waals surface area contributed by atoms with Crippen molar-refractivity contribution in [1.82, 2.24) is 14.9 Å². The van der Waals surface area contributed by atoms with Crippen LogP contribution in [0.15, 0.2) is 24.4 Å². The third-order valence-electron chi connectivity index (χ3n) is 4.53. The van der Waals surface area contributed by atoms with E-state index in [1.54, 1.807) is 0 Å². The summed E-state index contributed by atoms with van der Waals surface area (Å²) < 4.78 is 2.30. The topological polar surface area (TPSA) is 29.9 Å².